The van der Waals surface area contributed by atoms with Crippen LogP contribution in [0.4, 0.5) is 0 Å². The minimum absolute atomic E-state index is 0.0474. The smallest absolute Gasteiger partial charge is 0.121 e. The lowest BCUT2D eigenvalue weighted by molar-refractivity contribution is 0.275. The summed E-state index contributed by atoms with van der Waals surface area (Å²) in [5.41, 5.74) is 4.47. The molecule has 27 heavy (non-hydrogen) atoms. The Kier molecular flexibility index (Phi) is 5.64. The number of hydrogen-bond acceptors (Lipinski definition) is 5. The van der Waals surface area contributed by atoms with Gasteiger partial charge in [0.1, 0.15) is 17.2 Å². The third-order valence-corrected chi connectivity index (χ3v) is 4.58. The van der Waals surface area contributed by atoms with Crippen LogP contribution in [0, 0.1) is 0 Å². The Morgan fingerprint density at radius 2 is 0.852 bits per heavy atom. The number of benzene rings is 3. The van der Waals surface area contributed by atoms with Crippen LogP contribution < -0.4 is 0 Å². The van der Waals surface area contributed by atoms with Gasteiger partial charge in [0.15, 0.2) is 0 Å². The normalized spacial score (nSPS) is 10.9. The molecule has 3 aromatic rings. The highest BCUT2D eigenvalue weighted by atomic mass is 16.3. The van der Waals surface area contributed by atoms with E-state index in [9.17, 15) is 25.5 Å². The van der Waals surface area contributed by atoms with Gasteiger partial charge >= 0.3 is 0 Å². The first-order chi connectivity index (χ1) is 13.0. The van der Waals surface area contributed by atoms with Gasteiger partial charge in [-0.25, -0.2) is 0 Å². The van der Waals surface area contributed by atoms with E-state index in [1.807, 2.05) is 12.1 Å². The average Bonchev–Trinajstić information content (AvgIpc) is 2.67. The fourth-order valence-electron chi connectivity index (χ4n) is 3.10. The van der Waals surface area contributed by atoms with E-state index in [0.717, 1.165) is 22.3 Å². The van der Waals surface area contributed by atoms with Crippen molar-refractivity contribution in [2.75, 3.05) is 0 Å². The fraction of sp³-hybridized carbons (Fsp3) is 0.182. The van der Waals surface area contributed by atoms with Crippen molar-refractivity contribution in [3.05, 3.63) is 88.0 Å². The van der Waals surface area contributed by atoms with Gasteiger partial charge in [0.05, 0.1) is 13.2 Å². The maximum absolute atomic E-state index is 10.2. The third kappa shape index (κ3) is 4.39. The largest absolute Gasteiger partial charge is 0.508 e. The van der Waals surface area contributed by atoms with Crippen LogP contribution in [0.1, 0.15) is 33.4 Å². The van der Waals surface area contributed by atoms with Crippen molar-refractivity contribution in [2.24, 2.45) is 0 Å². The third-order valence-electron chi connectivity index (χ3n) is 4.58. The summed E-state index contributed by atoms with van der Waals surface area (Å²) < 4.78 is 0. The Hall–Kier alpha value is -3.02. The number of rotatable bonds is 6. The Morgan fingerprint density at radius 1 is 0.481 bits per heavy atom. The predicted octanol–water partition coefficient (Wildman–Crippen LogP) is 2.97. The van der Waals surface area contributed by atoms with E-state index < -0.39 is 0 Å². The van der Waals surface area contributed by atoms with E-state index in [4.69, 9.17) is 0 Å². The molecular weight excluding hydrogens is 344 g/mol. The van der Waals surface area contributed by atoms with Gasteiger partial charge in [0.2, 0.25) is 0 Å². The summed E-state index contributed by atoms with van der Waals surface area (Å²) in [7, 11) is 0. The van der Waals surface area contributed by atoms with E-state index in [2.05, 4.69) is 0 Å². The van der Waals surface area contributed by atoms with Crippen molar-refractivity contribution in [1.82, 2.24) is 0 Å². The van der Waals surface area contributed by atoms with Gasteiger partial charge in [-0.1, -0.05) is 24.3 Å². The first kappa shape index (κ1) is 18.8. The lowest BCUT2D eigenvalue weighted by atomic mass is 9.97. The molecule has 0 saturated carbocycles. The zero-order chi connectivity index (χ0) is 19.4. The summed E-state index contributed by atoms with van der Waals surface area (Å²) in [6.45, 7) is -0.478. The van der Waals surface area contributed by atoms with Crippen LogP contribution in [0.15, 0.2) is 54.6 Å². The molecule has 0 aliphatic carbocycles. The maximum Gasteiger partial charge on any atom is 0.121 e. The van der Waals surface area contributed by atoms with Crippen LogP contribution in [0.5, 0.6) is 17.2 Å². The molecule has 0 amide bonds. The van der Waals surface area contributed by atoms with Crippen molar-refractivity contribution in [3.8, 4) is 17.2 Å². The molecule has 140 valence electrons. The summed E-state index contributed by atoms with van der Waals surface area (Å²) in [6.07, 6.45) is 1.06. The van der Waals surface area contributed by atoms with E-state index in [-0.39, 0.29) is 30.5 Å². The van der Waals surface area contributed by atoms with Crippen LogP contribution >= 0.6 is 0 Å². The van der Waals surface area contributed by atoms with Crippen LogP contribution in [-0.2, 0) is 26.1 Å². The Balaban J connectivity index is 1.84. The van der Waals surface area contributed by atoms with Gasteiger partial charge in [-0.2, -0.15) is 0 Å². The van der Waals surface area contributed by atoms with Gasteiger partial charge in [0.25, 0.3) is 0 Å². The molecule has 0 spiro atoms. The summed E-state index contributed by atoms with van der Waals surface area (Å²) in [5, 5.41) is 48.1. The highest BCUT2D eigenvalue weighted by Gasteiger charge is 2.09. The van der Waals surface area contributed by atoms with Gasteiger partial charge in [0, 0.05) is 17.5 Å². The summed E-state index contributed by atoms with van der Waals surface area (Å²) in [6, 6.07) is 15.5. The fourth-order valence-corrected chi connectivity index (χ4v) is 3.10. The van der Waals surface area contributed by atoms with Crippen molar-refractivity contribution in [2.45, 2.75) is 26.1 Å². The quantitative estimate of drug-likeness (QED) is 0.462. The molecule has 0 unspecified atom stereocenters. The number of aliphatic hydroxyl groups is 2. The highest BCUT2D eigenvalue weighted by Crippen LogP contribution is 2.27. The number of phenolic OH excluding ortho intramolecular Hbond substituents is 1. The first-order valence-electron chi connectivity index (χ1n) is 8.64. The lowest BCUT2D eigenvalue weighted by Crippen LogP contribution is -1.96. The number of aromatic hydroxyl groups is 3. The lowest BCUT2D eigenvalue weighted by Gasteiger charge is -2.11. The molecule has 5 heteroatoms. The van der Waals surface area contributed by atoms with Crippen molar-refractivity contribution in [1.29, 1.82) is 0 Å². The molecule has 0 saturated heterocycles. The molecular formula is C22H22O5. The van der Waals surface area contributed by atoms with E-state index in [1.165, 1.54) is 6.07 Å². The average molecular weight is 366 g/mol. The zero-order valence-corrected chi connectivity index (χ0v) is 14.8. The molecule has 3 rings (SSSR count). The molecule has 3 aromatic carbocycles. The number of hydrogen-bond donors (Lipinski definition) is 5. The van der Waals surface area contributed by atoms with E-state index >= 15 is 0 Å². The SMILES string of the molecule is OCc1cc(Cc2ccc(O)c(Cc3ccc(O)c(CO)c3)c2)ccc1O. The minimum atomic E-state index is -0.250. The molecule has 0 heterocycles. The van der Waals surface area contributed by atoms with E-state index in [0.29, 0.717) is 24.0 Å². The van der Waals surface area contributed by atoms with Gasteiger partial charge < -0.3 is 25.5 Å². The van der Waals surface area contributed by atoms with Crippen molar-refractivity contribution < 1.29 is 25.5 Å². The summed E-state index contributed by atoms with van der Waals surface area (Å²) >= 11 is 0. The van der Waals surface area contributed by atoms with Crippen LogP contribution in [-0.4, -0.2) is 25.5 Å². The number of aliphatic hydroxyl groups excluding tert-OH is 2. The summed E-state index contributed by atoms with van der Waals surface area (Å²) in [5.74, 6) is 0.296. The van der Waals surface area contributed by atoms with Crippen LogP contribution in [0.2, 0.25) is 0 Å². The topological polar surface area (TPSA) is 101 Å². The Bertz CT molecular complexity index is 949. The second-order valence-corrected chi connectivity index (χ2v) is 6.56. The zero-order valence-electron chi connectivity index (χ0n) is 14.8. The molecule has 0 aliphatic heterocycles. The van der Waals surface area contributed by atoms with Crippen LogP contribution in [0.3, 0.4) is 0 Å². The molecule has 0 aliphatic rings. The molecule has 5 nitrogen and oxygen atoms in total. The number of phenols is 3. The van der Waals surface area contributed by atoms with Gasteiger partial charge in [-0.3, -0.25) is 0 Å². The van der Waals surface area contributed by atoms with Gasteiger partial charge in [-0.15, -0.1) is 0 Å². The minimum Gasteiger partial charge on any atom is -0.508 e. The van der Waals surface area contributed by atoms with Crippen LogP contribution in [0.25, 0.3) is 0 Å². The first-order valence-corrected chi connectivity index (χ1v) is 8.64. The van der Waals surface area contributed by atoms with E-state index in [1.54, 1.807) is 36.4 Å². The molecule has 0 fully saturated rings. The highest BCUT2D eigenvalue weighted by molar-refractivity contribution is 5.44. The molecule has 0 aromatic heterocycles. The second-order valence-electron chi connectivity index (χ2n) is 6.56. The van der Waals surface area contributed by atoms with Crippen molar-refractivity contribution >= 4 is 0 Å². The van der Waals surface area contributed by atoms with Crippen molar-refractivity contribution in [3.63, 3.8) is 0 Å². The molecule has 0 bridgehead atoms. The Labute approximate surface area is 157 Å². The Morgan fingerprint density at radius 3 is 1.30 bits per heavy atom. The molecule has 0 radical (unpaired) electrons. The standard InChI is InChI=1S/C22H22O5/c23-12-18-10-15(2-5-21(18)26)7-14-1-4-20(25)17(8-14)9-16-3-6-22(27)19(11-16)13-24/h1-6,8,10-11,23-27H,7,9,12-13H2. The maximum atomic E-state index is 10.2. The second kappa shape index (κ2) is 8.12. The molecule has 0 atom stereocenters. The van der Waals surface area contributed by atoms with Gasteiger partial charge in [-0.05, 0) is 59.0 Å². The predicted molar refractivity (Wildman–Crippen MR) is 102 cm³/mol. The molecule has 5 N–H and O–H groups in total. The monoisotopic (exact) mass is 366 g/mol. The summed E-state index contributed by atoms with van der Waals surface area (Å²) in [4.78, 5) is 0.